The average Bonchev–Trinajstić information content (AvgIpc) is 2.97. The van der Waals surface area contributed by atoms with E-state index in [0.717, 1.165) is 22.3 Å². The van der Waals surface area contributed by atoms with Crippen molar-refractivity contribution in [3.63, 3.8) is 0 Å². The fraction of sp³-hybridized carbons (Fsp3) is 0.265. The molecule has 214 valence electrons. The highest BCUT2D eigenvalue weighted by Crippen LogP contribution is 2.41. The summed E-state index contributed by atoms with van der Waals surface area (Å²) < 4.78 is 18.8. The lowest BCUT2D eigenvalue weighted by atomic mass is 9.98. The highest BCUT2D eigenvalue weighted by atomic mass is 28.4. The molecule has 0 saturated heterocycles. The van der Waals surface area contributed by atoms with Crippen LogP contribution in [-0.4, -0.2) is 39.7 Å². The minimum Gasteiger partial charge on any atom is -0.496 e. The maximum Gasteiger partial charge on any atom is 0.320 e. The summed E-state index contributed by atoms with van der Waals surface area (Å²) in [4.78, 5) is 11.2. The van der Waals surface area contributed by atoms with Gasteiger partial charge in [-0.05, 0) is 50.7 Å². The molecule has 1 atom stereocenters. The summed E-state index contributed by atoms with van der Waals surface area (Å²) in [5.74, 6) is 0.314. The molecule has 3 N–H and O–H groups in total. The monoisotopic (exact) mass is 569 g/mol. The van der Waals surface area contributed by atoms with Gasteiger partial charge in [-0.1, -0.05) is 106 Å². The first-order valence-corrected chi connectivity index (χ1v) is 15.6. The third-order valence-electron chi connectivity index (χ3n) is 7.45. The molecule has 0 heterocycles. The molecule has 0 aromatic heterocycles. The summed E-state index contributed by atoms with van der Waals surface area (Å²) in [6, 6.07) is 31.8. The van der Waals surface area contributed by atoms with Gasteiger partial charge in [-0.3, -0.25) is 4.79 Å². The number of rotatable bonds is 11. The average molecular weight is 570 g/mol. The molecule has 0 amide bonds. The largest absolute Gasteiger partial charge is 0.496 e. The van der Waals surface area contributed by atoms with Gasteiger partial charge in [-0.2, -0.15) is 0 Å². The zero-order valence-corrected chi connectivity index (χ0v) is 25.4. The first kappa shape index (κ1) is 30.1. The molecule has 0 aliphatic heterocycles. The molecule has 0 radical (unpaired) electrons. The van der Waals surface area contributed by atoms with Gasteiger partial charge in [0.25, 0.3) is 8.32 Å². The molecule has 0 fully saturated rings. The molecule has 0 aliphatic rings. The molecule has 4 aromatic carbocycles. The minimum absolute atomic E-state index is 0.144. The number of aliphatic carboxylic acids is 1. The van der Waals surface area contributed by atoms with Crippen molar-refractivity contribution >= 4 is 24.7 Å². The Morgan fingerprint density at radius 1 is 0.805 bits per heavy atom. The van der Waals surface area contributed by atoms with Crippen LogP contribution < -0.4 is 25.6 Å². The number of hydrogen-bond acceptors (Lipinski definition) is 5. The number of carboxylic acid groups (broad SMARTS) is 1. The van der Waals surface area contributed by atoms with Crippen molar-refractivity contribution in [2.75, 3.05) is 14.2 Å². The Labute approximate surface area is 243 Å². The number of nitrogens with two attached hydrogens (primary N) is 1. The molecule has 0 aliphatic carbocycles. The molecule has 7 heteroatoms. The lowest BCUT2D eigenvalue weighted by Crippen LogP contribution is -2.66. The van der Waals surface area contributed by atoms with Crippen LogP contribution in [-0.2, 0) is 22.2 Å². The second-order valence-corrected chi connectivity index (χ2v) is 15.5. The lowest BCUT2D eigenvalue weighted by molar-refractivity contribution is -0.138. The SMILES string of the molecule is COc1cc(CO[Si](c2ccccc2)(c2ccccc2)C(C)(C)C)cc(OC)c1-c1ccc(C[C@H](N)C(=O)O)cc1. The van der Waals surface area contributed by atoms with Crippen LogP contribution in [0.1, 0.15) is 31.9 Å². The topological polar surface area (TPSA) is 91.0 Å². The Kier molecular flexibility index (Phi) is 9.33. The summed E-state index contributed by atoms with van der Waals surface area (Å²) in [6.45, 7) is 7.16. The quantitative estimate of drug-likeness (QED) is 0.235. The maximum atomic E-state index is 11.2. The van der Waals surface area contributed by atoms with E-state index in [0.29, 0.717) is 18.1 Å². The summed E-state index contributed by atoms with van der Waals surface area (Å²) in [5.41, 5.74) is 9.22. The Bertz CT molecular complexity index is 1390. The highest BCUT2D eigenvalue weighted by molar-refractivity contribution is 6.99. The minimum atomic E-state index is -2.73. The van der Waals surface area contributed by atoms with Crippen molar-refractivity contribution in [1.29, 1.82) is 0 Å². The van der Waals surface area contributed by atoms with Gasteiger partial charge >= 0.3 is 5.97 Å². The van der Waals surface area contributed by atoms with Gasteiger partial charge in [0.1, 0.15) is 17.5 Å². The smallest absolute Gasteiger partial charge is 0.320 e. The zero-order chi connectivity index (χ0) is 29.6. The van der Waals surface area contributed by atoms with Gasteiger partial charge < -0.3 is 24.7 Å². The van der Waals surface area contributed by atoms with E-state index in [1.165, 1.54) is 10.4 Å². The van der Waals surface area contributed by atoms with Crippen molar-refractivity contribution in [3.05, 3.63) is 108 Å². The predicted octanol–water partition coefficient (Wildman–Crippen LogP) is 5.40. The number of ether oxygens (including phenoxy) is 2. The first-order valence-electron chi connectivity index (χ1n) is 13.7. The van der Waals surface area contributed by atoms with Crippen molar-refractivity contribution in [2.45, 2.75) is 44.9 Å². The molecule has 0 saturated carbocycles. The van der Waals surface area contributed by atoms with E-state index in [9.17, 15) is 4.79 Å². The van der Waals surface area contributed by atoms with Gasteiger partial charge in [-0.15, -0.1) is 0 Å². The normalized spacial score (nSPS) is 12.5. The Morgan fingerprint density at radius 3 is 1.71 bits per heavy atom. The van der Waals surface area contributed by atoms with E-state index in [1.807, 2.05) is 48.5 Å². The van der Waals surface area contributed by atoms with Crippen LogP contribution in [0.25, 0.3) is 11.1 Å². The van der Waals surface area contributed by atoms with Crippen molar-refractivity contribution in [1.82, 2.24) is 0 Å². The third-order valence-corrected chi connectivity index (χ3v) is 12.4. The zero-order valence-electron chi connectivity index (χ0n) is 24.4. The Balaban J connectivity index is 1.72. The predicted molar refractivity (Wildman–Crippen MR) is 167 cm³/mol. The fourth-order valence-electron chi connectivity index (χ4n) is 5.44. The van der Waals surface area contributed by atoms with Crippen LogP contribution in [0.5, 0.6) is 11.5 Å². The van der Waals surface area contributed by atoms with E-state index in [4.69, 9.17) is 24.7 Å². The molecule has 4 aromatic rings. The molecular weight excluding hydrogens is 530 g/mol. The number of carbonyl (C=O) groups is 1. The Hall–Kier alpha value is -3.91. The van der Waals surface area contributed by atoms with Gasteiger partial charge in [-0.25, -0.2) is 0 Å². The maximum absolute atomic E-state index is 11.2. The van der Waals surface area contributed by atoms with E-state index < -0.39 is 20.3 Å². The van der Waals surface area contributed by atoms with E-state index >= 15 is 0 Å². The summed E-state index contributed by atoms with van der Waals surface area (Å²) >= 11 is 0. The van der Waals surface area contributed by atoms with Gasteiger partial charge in [0.15, 0.2) is 0 Å². The number of hydrogen-bond donors (Lipinski definition) is 2. The molecule has 0 unspecified atom stereocenters. The number of carboxylic acids is 1. The van der Waals surface area contributed by atoms with Crippen LogP contribution in [0, 0.1) is 0 Å². The van der Waals surface area contributed by atoms with E-state index in [2.05, 4.69) is 69.3 Å². The van der Waals surface area contributed by atoms with Crippen LogP contribution in [0.3, 0.4) is 0 Å². The van der Waals surface area contributed by atoms with Crippen LogP contribution in [0.15, 0.2) is 97.1 Å². The van der Waals surface area contributed by atoms with E-state index in [1.54, 1.807) is 14.2 Å². The Morgan fingerprint density at radius 2 is 1.29 bits per heavy atom. The molecule has 6 nitrogen and oxygen atoms in total. The van der Waals surface area contributed by atoms with Crippen LogP contribution in [0.4, 0.5) is 0 Å². The standard InChI is InChI=1S/C34H39NO5Si/c1-34(2,3)41(27-12-8-6-9-13-27,28-14-10-7-11-15-28)40-23-25-21-30(38-4)32(31(22-25)39-5)26-18-16-24(17-19-26)20-29(35)33(36)37/h6-19,21-22,29H,20,23,35H2,1-5H3,(H,36,37)/t29-/m0/s1. The first-order chi connectivity index (χ1) is 19.6. The molecule has 0 spiro atoms. The van der Waals surface area contributed by atoms with E-state index in [-0.39, 0.29) is 11.5 Å². The van der Waals surface area contributed by atoms with Crippen molar-refractivity contribution < 1.29 is 23.8 Å². The van der Waals surface area contributed by atoms with Crippen LogP contribution in [0.2, 0.25) is 5.04 Å². The highest BCUT2D eigenvalue weighted by Gasteiger charge is 2.50. The van der Waals surface area contributed by atoms with Crippen molar-refractivity contribution in [2.24, 2.45) is 5.73 Å². The molecular formula is C34H39NO5Si. The summed E-state index contributed by atoms with van der Waals surface area (Å²) in [6.07, 6.45) is 0.252. The number of methoxy groups -OCH3 is 2. The lowest BCUT2D eigenvalue weighted by Gasteiger charge is -2.43. The third kappa shape index (κ3) is 6.38. The molecule has 4 rings (SSSR count). The van der Waals surface area contributed by atoms with Gasteiger partial charge in [0.05, 0.1) is 26.4 Å². The second kappa shape index (κ2) is 12.7. The van der Waals surface area contributed by atoms with Gasteiger partial charge in [0.2, 0.25) is 0 Å². The number of benzene rings is 4. The fourth-order valence-corrected chi connectivity index (χ4v) is 9.97. The molecule has 41 heavy (non-hydrogen) atoms. The summed E-state index contributed by atoms with van der Waals surface area (Å²) in [5, 5.41) is 11.4. The summed E-state index contributed by atoms with van der Waals surface area (Å²) in [7, 11) is 0.562. The second-order valence-electron chi connectivity index (χ2n) is 11.2. The molecule has 0 bridgehead atoms. The van der Waals surface area contributed by atoms with Crippen LogP contribution >= 0.6 is 0 Å². The van der Waals surface area contributed by atoms with Gasteiger partial charge in [0, 0.05) is 0 Å². The van der Waals surface area contributed by atoms with Crippen molar-refractivity contribution in [3.8, 4) is 22.6 Å².